The van der Waals surface area contributed by atoms with Gasteiger partial charge in [0.1, 0.15) is 0 Å². The van der Waals surface area contributed by atoms with E-state index in [1.165, 1.54) is 103 Å². The second-order valence-electron chi connectivity index (χ2n) is 24.4. The third-order valence-corrected chi connectivity index (χ3v) is 18.8. The molecule has 6 heteroatoms. The highest BCUT2D eigenvalue weighted by Crippen LogP contribution is 2.44. The van der Waals surface area contributed by atoms with E-state index in [1.807, 2.05) is 121 Å². The van der Waals surface area contributed by atoms with Gasteiger partial charge in [-0.1, -0.05) is 328 Å². The first-order valence-corrected chi connectivity index (χ1v) is 32.5. The summed E-state index contributed by atoms with van der Waals surface area (Å²) >= 11 is 0. The van der Waals surface area contributed by atoms with Gasteiger partial charge in [0, 0.05) is 33.4 Å². The molecule has 19 rings (SSSR count). The largest absolute Gasteiger partial charge is 0.208 e. The van der Waals surface area contributed by atoms with Gasteiger partial charge in [0.15, 0.2) is 34.9 Å². The lowest BCUT2D eigenvalue weighted by Gasteiger charge is -2.16. The van der Waals surface area contributed by atoms with E-state index in [9.17, 15) is 0 Å². The Morgan fingerprint density at radius 2 is 0.417 bits per heavy atom. The highest BCUT2D eigenvalue weighted by Gasteiger charge is 2.20. The first-order chi connectivity index (χ1) is 47.6. The van der Waals surface area contributed by atoms with Gasteiger partial charge in [-0.05, 0) is 131 Å². The van der Waals surface area contributed by atoms with Gasteiger partial charge in [-0.3, -0.25) is 0 Å². The third kappa shape index (κ3) is 9.91. The summed E-state index contributed by atoms with van der Waals surface area (Å²) in [7, 11) is 0. The van der Waals surface area contributed by atoms with Crippen molar-refractivity contribution in [2.24, 2.45) is 0 Å². The maximum Gasteiger partial charge on any atom is 0.164 e. The van der Waals surface area contributed by atoms with Crippen molar-refractivity contribution in [2.75, 3.05) is 0 Å². The molecule has 0 aliphatic carbocycles. The van der Waals surface area contributed by atoms with E-state index in [4.69, 9.17) is 29.9 Å². The summed E-state index contributed by atoms with van der Waals surface area (Å²) in [6.45, 7) is 0. The minimum atomic E-state index is 0.651. The minimum absolute atomic E-state index is 0.651. The van der Waals surface area contributed by atoms with Crippen molar-refractivity contribution in [3.05, 3.63) is 340 Å². The Morgan fingerprint density at radius 1 is 0.135 bits per heavy atom. The molecule has 0 N–H and O–H groups in total. The highest BCUT2D eigenvalue weighted by atomic mass is 15.0. The Bertz CT molecular complexity index is 6140. The number of hydrogen-bond donors (Lipinski definition) is 0. The molecule has 0 unspecified atom stereocenters. The summed E-state index contributed by atoms with van der Waals surface area (Å²) in [5.74, 6) is 3.94. The fourth-order valence-electron chi connectivity index (χ4n) is 14.3. The number of nitrogens with zero attached hydrogens (tertiary/aromatic N) is 6. The van der Waals surface area contributed by atoms with Crippen LogP contribution in [0.1, 0.15) is 0 Å². The molecule has 0 spiro atoms. The lowest BCUT2D eigenvalue weighted by molar-refractivity contribution is 1.07. The van der Waals surface area contributed by atoms with Crippen molar-refractivity contribution in [1.82, 2.24) is 29.9 Å². The molecule has 446 valence electrons. The van der Waals surface area contributed by atoms with Gasteiger partial charge < -0.3 is 0 Å². The number of hydrogen-bond acceptors (Lipinski definition) is 6. The van der Waals surface area contributed by atoms with Crippen molar-refractivity contribution in [3.8, 4) is 90.6 Å². The summed E-state index contributed by atoms with van der Waals surface area (Å²) in [6.07, 6.45) is 0. The molecule has 0 saturated carbocycles. The summed E-state index contributed by atoms with van der Waals surface area (Å²) in [5, 5.41) is 22.5. The first kappa shape index (κ1) is 55.9. The number of benzene rings is 17. The van der Waals surface area contributed by atoms with Crippen molar-refractivity contribution >= 4 is 97.0 Å². The van der Waals surface area contributed by atoms with Gasteiger partial charge in [-0.2, -0.15) is 0 Å². The van der Waals surface area contributed by atoms with Gasteiger partial charge in [0.2, 0.25) is 0 Å². The lowest BCUT2D eigenvalue weighted by Crippen LogP contribution is -2.00. The molecule has 0 saturated heterocycles. The molecule has 0 fully saturated rings. The molecule has 0 aliphatic rings. The molecule has 19 aromatic rings. The van der Waals surface area contributed by atoms with E-state index in [0.29, 0.717) is 34.9 Å². The maximum absolute atomic E-state index is 5.06. The van der Waals surface area contributed by atoms with E-state index in [-0.39, 0.29) is 0 Å². The zero-order valence-electron chi connectivity index (χ0n) is 52.0. The van der Waals surface area contributed by atoms with Crippen molar-refractivity contribution in [3.63, 3.8) is 0 Å². The fraction of sp³-hybridized carbons (Fsp3) is 0. The van der Waals surface area contributed by atoms with Gasteiger partial charge in [-0.15, -0.1) is 0 Å². The Labute approximate surface area is 553 Å². The molecule has 6 nitrogen and oxygen atoms in total. The van der Waals surface area contributed by atoms with E-state index < -0.39 is 0 Å². The Hall–Kier alpha value is -12.9. The molecule has 0 bridgehead atoms. The standard InChI is InChI=1S/C47H29N3.C43H27N3/c1-3-13-32(14-4-1)45-48-46(33-15-5-2-6-16-33)50-47(49-45)43-29-28-39(35-18-9-10-19-37(35)43)36-20-11-21-41-40(36)26-24-31-23-25-38-34-17-8-7-12-30(34)22-27-42(38)44(31)41;1-3-12-30(13-4-1)41-44-42(31-14-5-2-6-15-31)46-43(45-41)33-17-9-16-32(27-33)35-19-10-20-38-37(35)25-23-29-22-24-36-34-18-8-7-11-28(34)21-26-39(36)40(29)38/h1-29H;1-27H. The second-order valence-corrected chi connectivity index (χ2v) is 24.4. The van der Waals surface area contributed by atoms with E-state index in [1.54, 1.807) is 0 Å². The predicted molar refractivity (Wildman–Crippen MR) is 401 cm³/mol. The van der Waals surface area contributed by atoms with Crippen molar-refractivity contribution < 1.29 is 0 Å². The zero-order chi connectivity index (χ0) is 63.5. The molecule has 2 aromatic heterocycles. The van der Waals surface area contributed by atoms with Crippen LogP contribution < -0.4 is 0 Å². The van der Waals surface area contributed by atoms with E-state index >= 15 is 0 Å². The molecule has 2 heterocycles. The predicted octanol–water partition coefficient (Wildman–Crippen LogP) is 23.5. The van der Waals surface area contributed by atoms with Crippen LogP contribution >= 0.6 is 0 Å². The van der Waals surface area contributed by atoms with Gasteiger partial charge in [0.05, 0.1) is 0 Å². The Kier molecular flexibility index (Phi) is 13.8. The number of rotatable bonds is 8. The van der Waals surface area contributed by atoms with Crippen LogP contribution in [0.4, 0.5) is 0 Å². The van der Waals surface area contributed by atoms with Crippen molar-refractivity contribution in [1.29, 1.82) is 0 Å². The summed E-state index contributed by atoms with van der Waals surface area (Å²) in [4.78, 5) is 29.9. The molecule has 0 amide bonds. The zero-order valence-corrected chi connectivity index (χ0v) is 52.0. The van der Waals surface area contributed by atoms with Crippen LogP contribution in [0, 0.1) is 0 Å². The summed E-state index contributed by atoms with van der Waals surface area (Å²) < 4.78 is 0. The molecule has 0 aliphatic heterocycles. The van der Waals surface area contributed by atoms with E-state index in [2.05, 4.69) is 218 Å². The van der Waals surface area contributed by atoms with Crippen LogP contribution in [0.25, 0.3) is 188 Å². The minimum Gasteiger partial charge on any atom is -0.208 e. The SMILES string of the molecule is c1ccc(-c2nc(-c3ccccc3)nc(-c3ccc(-c4cccc5c4ccc4ccc6c7ccccc7ccc6c45)c4ccccc34)n2)cc1.c1ccc(-c2nc(-c3ccccc3)nc(-c3cccc(-c4cccc5c4ccc4ccc6c7ccccc7ccc6c45)c3)n2)cc1. The second kappa shape index (κ2) is 23.7. The molecule has 0 atom stereocenters. The van der Waals surface area contributed by atoms with Crippen LogP contribution in [0.2, 0.25) is 0 Å². The number of aromatic nitrogens is 6. The van der Waals surface area contributed by atoms with Crippen LogP contribution in [0.5, 0.6) is 0 Å². The molecule has 96 heavy (non-hydrogen) atoms. The summed E-state index contributed by atoms with van der Waals surface area (Å²) in [5.41, 5.74) is 10.4. The van der Waals surface area contributed by atoms with Crippen LogP contribution in [-0.2, 0) is 0 Å². The quantitative estimate of drug-likeness (QED) is 0.141. The highest BCUT2D eigenvalue weighted by molar-refractivity contribution is 6.28. The Morgan fingerprint density at radius 3 is 0.896 bits per heavy atom. The Balaban J connectivity index is 0.000000141. The monoisotopic (exact) mass is 1220 g/mol. The maximum atomic E-state index is 5.06. The lowest BCUT2D eigenvalue weighted by atomic mass is 9.89. The van der Waals surface area contributed by atoms with Crippen LogP contribution in [0.3, 0.4) is 0 Å². The third-order valence-electron chi connectivity index (χ3n) is 18.8. The van der Waals surface area contributed by atoms with Crippen LogP contribution in [0.15, 0.2) is 340 Å². The summed E-state index contributed by atoms with van der Waals surface area (Å²) in [6, 6.07) is 120. The molecule has 0 radical (unpaired) electrons. The van der Waals surface area contributed by atoms with E-state index in [0.717, 1.165) is 49.7 Å². The van der Waals surface area contributed by atoms with Gasteiger partial charge in [-0.25, -0.2) is 29.9 Å². The normalized spacial score (nSPS) is 11.5. The van der Waals surface area contributed by atoms with Gasteiger partial charge >= 0.3 is 0 Å². The molecular weight excluding hydrogens is 1170 g/mol. The topological polar surface area (TPSA) is 77.3 Å². The van der Waals surface area contributed by atoms with Crippen molar-refractivity contribution in [2.45, 2.75) is 0 Å². The van der Waals surface area contributed by atoms with Crippen LogP contribution in [-0.4, -0.2) is 29.9 Å². The fourth-order valence-corrected chi connectivity index (χ4v) is 14.3. The molecular formula is C90H56N6. The first-order valence-electron chi connectivity index (χ1n) is 32.5. The van der Waals surface area contributed by atoms with Gasteiger partial charge in [0.25, 0.3) is 0 Å². The average Bonchev–Trinajstić information content (AvgIpc) is 0.749. The smallest absolute Gasteiger partial charge is 0.164 e. The average molecular weight is 1220 g/mol. The molecule has 17 aromatic carbocycles. The number of fused-ring (bicyclic) bond motifs is 15.